The number of esters is 1. The number of nitrogens with one attached hydrogen (secondary N) is 1. The lowest BCUT2D eigenvalue weighted by Gasteiger charge is -2.17. The minimum atomic E-state index is -0.657. The molecule has 0 fully saturated rings. The van der Waals surface area contributed by atoms with Crippen LogP contribution in [0.2, 0.25) is 0 Å². The first-order chi connectivity index (χ1) is 11.7. The van der Waals surface area contributed by atoms with Gasteiger partial charge in [0.25, 0.3) is 0 Å². The van der Waals surface area contributed by atoms with Crippen molar-refractivity contribution >= 4 is 11.9 Å². The standard InChI is InChI=1S/C20H23NO3/c1-2-24-20(23)18(15-17-11-7-4-8-12-17)21-19(22)14-13-16-9-5-3-6-10-16/h3-12,18H,2,13-15H2,1H3,(H,21,22). The van der Waals surface area contributed by atoms with Gasteiger partial charge in [-0.1, -0.05) is 60.7 Å². The third-order valence-corrected chi connectivity index (χ3v) is 3.67. The van der Waals surface area contributed by atoms with Gasteiger partial charge in [-0.2, -0.15) is 0 Å². The third kappa shape index (κ3) is 5.88. The minimum absolute atomic E-state index is 0.146. The molecule has 0 aliphatic carbocycles. The van der Waals surface area contributed by atoms with Crippen molar-refractivity contribution in [2.24, 2.45) is 0 Å². The number of amides is 1. The highest BCUT2D eigenvalue weighted by molar-refractivity contribution is 5.84. The van der Waals surface area contributed by atoms with E-state index in [0.717, 1.165) is 11.1 Å². The maximum atomic E-state index is 12.2. The Hall–Kier alpha value is -2.62. The van der Waals surface area contributed by atoms with Crippen LogP contribution in [0.3, 0.4) is 0 Å². The van der Waals surface area contributed by atoms with E-state index in [-0.39, 0.29) is 5.91 Å². The highest BCUT2D eigenvalue weighted by Gasteiger charge is 2.22. The molecule has 1 atom stereocenters. The van der Waals surface area contributed by atoms with E-state index in [9.17, 15) is 9.59 Å². The van der Waals surface area contributed by atoms with Gasteiger partial charge in [-0.15, -0.1) is 0 Å². The van der Waals surface area contributed by atoms with Gasteiger partial charge in [0.15, 0.2) is 0 Å². The highest BCUT2D eigenvalue weighted by atomic mass is 16.5. The Labute approximate surface area is 142 Å². The Morgan fingerprint density at radius 3 is 2.12 bits per heavy atom. The highest BCUT2D eigenvalue weighted by Crippen LogP contribution is 2.07. The number of ether oxygens (including phenoxy) is 1. The SMILES string of the molecule is CCOC(=O)C(Cc1ccccc1)NC(=O)CCc1ccccc1. The Morgan fingerprint density at radius 2 is 1.54 bits per heavy atom. The third-order valence-electron chi connectivity index (χ3n) is 3.67. The second kappa shape index (κ2) is 9.50. The lowest BCUT2D eigenvalue weighted by Crippen LogP contribution is -2.43. The Balaban J connectivity index is 1.93. The summed E-state index contributed by atoms with van der Waals surface area (Å²) in [5.74, 6) is -0.540. The van der Waals surface area contributed by atoms with Gasteiger partial charge in [0, 0.05) is 12.8 Å². The van der Waals surface area contributed by atoms with E-state index in [1.807, 2.05) is 60.7 Å². The summed E-state index contributed by atoms with van der Waals surface area (Å²) in [7, 11) is 0. The Kier molecular flexibility index (Phi) is 7.02. The first-order valence-electron chi connectivity index (χ1n) is 8.23. The van der Waals surface area contributed by atoms with Crippen molar-refractivity contribution in [2.45, 2.75) is 32.2 Å². The zero-order valence-corrected chi connectivity index (χ0v) is 13.9. The van der Waals surface area contributed by atoms with Crippen LogP contribution in [-0.4, -0.2) is 24.5 Å². The van der Waals surface area contributed by atoms with Crippen molar-refractivity contribution in [3.8, 4) is 0 Å². The van der Waals surface area contributed by atoms with Crippen LogP contribution in [0.4, 0.5) is 0 Å². The molecule has 126 valence electrons. The number of rotatable bonds is 8. The predicted molar refractivity (Wildman–Crippen MR) is 93.5 cm³/mol. The minimum Gasteiger partial charge on any atom is -0.464 e. The summed E-state index contributed by atoms with van der Waals surface area (Å²) in [4.78, 5) is 24.3. The maximum absolute atomic E-state index is 12.2. The summed E-state index contributed by atoms with van der Waals surface area (Å²) >= 11 is 0. The van der Waals surface area contributed by atoms with Gasteiger partial charge in [-0.25, -0.2) is 4.79 Å². The van der Waals surface area contributed by atoms with E-state index in [4.69, 9.17) is 4.74 Å². The van der Waals surface area contributed by atoms with Crippen LogP contribution in [0.15, 0.2) is 60.7 Å². The van der Waals surface area contributed by atoms with Crippen molar-refractivity contribution < 1.29 is 14.3 Å². The lowest BCUT2D eigenvalue weighted by molar-refractivity contribution is -0.147. The number of carbonyl (C=O) groups excluding carboxylic acids is 2. The Bertz CT molecular complexity index is 640. The molecule has 1 unspecified atom stereocenters. The van der Waals surface area contributed by atoms with Crippen molar-refractivity contribution in [1.29, 1.82) is 0 Å². The molecular weight excluding hydrogens is 302 g/mol. The molecule has 4 nitrogen and oxygen atoms in total. The zero-order chi connectivity index (χ0) is 17.2. The van der Waals surface area contributed by atoms with Crippen molar-refractivity contribution in [3.63, 3.8) is 0 Å². The fraction of sp³-hybridized carbons (Fsp3) is 0.300. The molecule has 1 N–H and O–H groups in total. The van der Waals surface area contributed by atoms with Crippen molar-refractivity contribution in [3.05, 3.63) is 71.8 Å². The van der Waals surface area contributed by atoms with Gasteiger partial charge < -0.3 is 10.1 Å². The van der Waals surface area contributed by atoms with Gasteiger partial charge in [-0.05, 0) is 24.5 Å². The fourth-order valence-corrected chi connectivity index (χ4v) is 2.45. The summed E-state index contributed by atoms with van der Waals surface area (Å²) in [5, 5.41) is 2.81. The van der Waals surface area contributed by atoms with Crippen molar-refractivity contribution in [1.82, 2.24) is 5.32 Å². The van der Waals surface area contributed by atoms with Crippen LogP contribution in [0.25, 0.3) is 0 Å². The van der Waals surface area contributed by atoms with E-state index in [0.29, 0.717) is 25.9 Å². The molecule has 0 bridgehead atoms. The second-order valence-corrected chi connectivity index (χ2v) is 5.55. The fourth-order valence-electron chi connectivity index (χ4n) is 2.45. The predicted octanol–water partition coefficient (Wildman–Crippen LogP) is 2.91. The normalized spacial score (nSPS) is 11.5. The molecule has 1 amide bonds. The number of benzene rings is 2. The molecule has 0 spiro atoms. The molecule has 24 heavy (non-hydrogen) atoms. The number of aryl methyl sites for hydroxylation is 1. The maximum Gasteiger partial charge on any atom is 0.328 e. The van der Waals surface area contributed by atoms with Crippen LogP contribution in [0.5, 0.6) is 0 Å². The van der Waals surface area contributed by atoms with E-state index in [1.165, 1.54) is 0 Å². The molecule has 2 aromatic rings. The summed E-state index contributed by atoms with van der Waals surface area (Å²) in [5.41, 5.74) is 2.09. The Morgan fingerprint density at radius 1 is 0.958 bits per heavy atom. The molecule has 2 aromatic carbocycles. The molecule has 0 heterocycles. The molecule has 2 rings (SSSR count). The quantitative estimate of drug-likeness (QED) is 0.759. The molecule has 4 heteroatoms. The van der Waals surface area contributed by atoms with E-state index < -0.39 is 12.0 Å². The topological polar surface area (TPSA) is 55.4 Å². The van der Waals surface area contributed by atoms with Crippen LogP contribution in [-0.2, 0) is 27.2 Å². The number of hydrogen-bond acceptors (Lipinski definition) is 3. The van der Waals surface area contributed by atoms with Crippen LogP contribution >= 0.6 is 0 Å². The molecule has 0 radical (unpaired) electrons. The van der Waals surface area contributed by atoms with Gasteiger partial charge in [0.1, 0.15) is 6.04 Å². The van der Waals surface area contributed by atoms with Gasteiger partial charge in [0.2, 0.25) is 5.91 Å². The van der Waals surface area contributed by atoms with Crippen molar-refractivity contribution in [2.75, 3.05) is 6.61 Å². The molecule has 0 aliphatic rings. The molecule has 0 aromatic heterocycles. The summed E-state index contributed by atoms with van der Waals surface area (Å²) in [6.45, 7) is 2.05. The monoisotopic (exact) mass is 325 g/mol. The van der Waals surface area contributed by atoms with E-state index in [1.54, 1.807) is 6.92 Å². The van der Waals surface area contributed by atoms with Crippen LogP contribution in [0, 0.1) is 0 Å². The van der Waals surface area contributed by atoms with Crippen LogP contribution < -0.4 is 5.32 Å². The lowest BCUT2D eigenvalue weighted by atomic mass is 10.1. The van der Waals surface area contributed by atoms with Gasteiger partial charge in [-0.3, -0.25) is 4.79 Å². The van der Waals surface area contributed by atoms with Crippen LogP contribution in [0.1, 0.15) is 24.5 Å². The first kappa shape index (κ1) is 17.7. The van der Waals surface area contributed by atoms with Gasteiger partial charge in [0.05, 0.1) is 6.61 Å². The first-order valence-corrected chi connectivity index (χ1v) is 8.23. The average Bonchev–Trinajstić information content (AvgIpc) is 2.61. The molecule has 0 saturated heterocycles. The number of carbonyl (C=O) groups is 2. The van der Waals surface area contributed by atoms with E-state index >= 15 is 0 Å². The second-order valence-electron chi connectivity index (χ2n) is 5.55. The molecule has 0 saturated carbocycles. The number of hydrogen-bond donors (Lipinski definition) is 1. The smallest absolute Gasteiger partial charge is 0.328 e. The molecule has 0 aliphatic heterocycles. The summed E-state index contributed by atoms with van der Waals surface area (Å²) in [6, 6.07) is 18.8. The average molecular weight is 325 g/mol. The van der Waals surface area contributed by atoms with Gasteiger partial charge >= 0.3 is 5.97 Å². The molecular formula is C20H23NO3. The van der Waals surface area contributed by atoms with E-state index in [2.05, 4.69) is 5.32 Å². The summed E-state index contributed by atoms with van der Waals surface area (Å²) in [6.07, 6.45) is 1.42. The summed E-state index contributed by atoms with van der Waals surface area (Å²) < 4.78 is 5.09. The zero-order valence-electron chi connectivity index (χ0n) is 13.9. The largest absolute Gasteiger partial charge is 0.464 e.